The van der Waals surface area contributed by atoms with Crippen LogP contribution in [0.25, 0.3) is 0 Å². The van der Waals surface area contributed by atoms with Crippen molar-refractivity contribution in [3.63, 3.8) is 0 Å². The molecule has 4 heteroatoms. The Morgan fingerprint density at radius 1 is 1.39 bits per heavy atom. The van der Waals surface area contributed by atoms with Crippen molar-refractivity contribution in [3.05, 3.63) is 29.6 Å². The lowest BCUT2D eigenvalue weighted by atomic mass is 10.1. The molecule has 1 fully saturated rings. The number of aryl methyl sites for hydroxylation is 1. The molecule has 1 atom stereocenters. The maximum absolute atomic E-state index is 4.52. The van der Waals surface area contributed by atoms with Gasteiger partial charge >= 0.3 is 0 Å². The Morgan fingerprint density at radius 2 is 2.11 bits per heavy atom. The molecule has 1 aromatic rings. The molecular weight excluding hydrogens is 260 g/mol. The lowest BCUT2D eigenvalue weighted by Crippen LogP contribution is -2.36. The van der Waals surface area contributed by atoms with Crippen molar-refractivity contribution in [2.45, 2.75) is 32.4 Å². The Hall–Kier alpha value is -0.190. The van der Waals surface area contributed by atoms with E-state index >= 15 is 0 Å². The summed E-state index contributed by atoms with van der Waals surface area (Å²) in [5.74, 6) is 5.05. The topological polar surface area (TPSA) is 24.9 Å². The number of aromatic nitrogens is 1. The Kier molecular flexibility index (Phi) is 5.86. The molecule has 0 aliphatic carbocycles. The van der Waals surface area contributed by atoms with E-state index in [1.54, 1.807) is 0 Å². The average Bonchev–Trinajstić information content (AvgIpc) is 2.64. The van der Waals surface area contributed by atoms with Crippen molar-refractivity contribution in [3.8, 4) is 0 Å². The third kappa shape index (κ3) is 4.18. The van der Waals surface area contributed by atoms with Crippen LogP contribution in [-0.2, 0) is 0 Å². The summed E-state index contributed by atoms with van der Waals surface area (Å²) in [6.07, 6.45) is 3.02. The highest BCUT2D eigenvalue weighted by Crippen LogP contribution is 2.21. The van der Waals surface area contributed by atoms with Crippen molar-refractivity contribution in [1.82, 2.24) is 10.3 Å². The van der Waals surface area contributed by atoms with Gasteiger partial charge in [-0.3, -0.25) is 4.98 Å². The summed E-state index contributed by atoms with van der Waals surface area (Å²) in [6, 6.07) is 5.29. The number of hydrogen-bond donors (Lipinski definition) is 1. The van der Waals surface area contributed by atoms with Crippen molar-refractivity contribution in [2.24, 2.45) is 0 Å². The quantitative estimate of drug-likeness (QED) is 0.916. The molecule has 0 amide bonds. The summed E-state index contributed by atoms with van der Waals surface area (Å²) >= 11 is 4.14. The number of rotatable bonds is 4. The lowest BCUT2D eigenvalue weighted by Gasteiger charge is -2.23. The molecule has 1 N–H and O–H groups in total. The highest BCUT2D eigenvalue weighted by molar-refractivity contribution is 8.03. The van der Waals surface area contributed by atoms with Gasteiger partial charge in [-0.2, -0.15) is 23.5 Å². The Bertz CT molecular complexity index is 363. The van der Waals surface area contributed by atoms with Gasteiger partial charge in [0.25, 0.3) is 0 Å². The monoisotopic (exact) mass is 282 g/mol. The van der Waals surface area contributed by atoms with E-state index in [9.17, 15) is 0 Å². The van der Waals surface area contributed by atoms with Crippen LogP contribution in [0.5, 0.6) is 0 Å². The van der Waals surface area contributed by atoms with Crippen LogP contribution in [0.4, 0.5) is 0 Å². The molecule has 18 heavy (non-hydrogen) atoms. The minimum absolute atomic E-state index is 0.397. The molecular formula is C14H22N2S2. The normalized spacial score (nSPS) is 19.4. The van der Waals surface area contributed by atoms with Crippen molar-refractivity contribution >= 4 is 23.5 Å². The van der Waals surface area contributed by atoms with E-state index in [-0.39, 0.29) is 0 Å². The molecule has 1 saturated heterocycles. The van der Waals surface area contributed by atoms with E-state index in [1.807, 2.05) is 6.20 Å². The van der Waals surface area contributed by atoms with Gasteiger partial charge < -0.3 is 5.32 Å². The summed E-state index contributed by atoms with van der Waals surface area (Å²) in [6.45, 7) is 4.37. The molecule has 0 unspecified atom stereocenters. The van der Waals surface area contributed by atoms with Gasteiger partial charge in [-0.05, 0) is 31.0 Å². The second kappa shape index (κ2) is 7.41. The van der Waals surface area contributed by atoms with Crippen LogP contribution in [0.3, 0.4) is 0 Å². The minimum atomic E-state index is 0.397. The van der Waals surface area contributed by atoms with Crippen LogP contribution in [0.2, 0.25) is 0 Å². The van der Waals surface area contributed by atoms with Crippen LogP contribution in [0, 0.1) is 6.92 Å². The minimum Gasteiger partial charge on any atom is -0.304 e. The van der Waals surface area contributed by atoms with Gasteiger partial charge in [0.15, 0.2) is 0 Å². The van der Waals surface area contributed by atoms with Gasteiger partial charge in [-0.15, -0.1) is 0 Å². The summed E-state index contributed by atoms with van der Waals surface area (Å²) in [5, 5.41) is 3.78. The Balaban J connectivity index is 1.99. The first-order valence-corrected chi connectivity index (χ1v) is 8.94. The highest BCUT2D eigenvalue weighted by Gasteiger charge is 2.18. The predicted molar refractivity (Wildman–Crippen MR) is 83.6 cm³/mol. The zero-order valence-electron chi connectivity index (χ0n) is 11.2. The largest absolute Gasteiger partial charge is 0.304 e. The molecule has 1 aliphatic heterocycles. The van der Waals surface area contributed by atoms with Crippen molar-refractivity contribution < 1.29 is 0 Å². The van der Waals surface area contributed by atoms with E-state index < -0.39 is 0 Å². The van der Waals surface area contributed by atoms with Crippen LogP contribution in [-0.4, -0.2) is 34.0 Å². The number of nitrogens with one attached hydrogen (secondary N) is 1. The molecule has 1 aromatic heterocycles. The summed E-state index contributed by atoms with van der Waals surface area (Å²) in [7, 11) is 0. The van der Waals surface area contributed by atoms with E-state index in [0.717, 1.165) is 6.42 Å². The van der Waals surface area contributed by atoms with E-state index in [1.165, 1.54) is 34.3 Å². The number of thioether (sulfide) groups is 2. The second-order valence-corrected chi connectivity index (χ2v) is 7.03. The molecule has 0 radical (unpaired) electrons. The molecule has 0 saturated carbocycles. The van der Waals surface area contributed by atoms with Crippen LogP contribution in [0.1, 0.15) is 30.6 Å². The third-order valence-electron chi connectivity index (χ3n) is 3.15. The fourth-order valence-corrected chi connectivity index (χ4v) is 4.58. The summed E-state index contributed by atoms with van der Waals surface area (Å²) < 4.78 is 0. The fourth-order valence-electron chi connectivity index (χ4n) is 2.16. The molecule has 100 valence electrons. The fraction of sp³-hybridized carbons (Fsp3) is 0.643. The average molecular weight is 282 g/mol. The van der Waals surface area contributed by atoms with Gasteiger partial charge in [-0.25, -0.2) is 0 Å². The Labute approximate surface area is 119 Å². The first-order valence-electron chi connectivity index (χ1n) is 6.63. The van der Waals surface area contributed by atoms with Gasteiger partial charge in [-0.1, -0.05) is 6.92 Å². The molecule has 1 aliphatic rings. The smallest absolute Gasteiger partial charge is 0.0575 e. The molecule has 2 heterocycles. The molecule has 2 nitrogen and oxygen atoms in total. The van der Waals surface area contributed by atoms with E-state index in [0.29, 0.717) is 12.1 Å². The first kappa shape index (κ1) is 14.2. The number of hydrogen-bond acceptors (Lipinski definition) is 4. The maximum atomic E-state index is 4.52. The number of pyridine rings is 1. The molecule has 2 rings (SSSR count). The van der Waals surface area contributed by atoms with Crippen LogP contribution < -0.4 is 5.32 Å². The van der Waals surface area contributed by atoms with Crippen LogP contribution in [0.15, 0.2) is 18.3 Å². The first-order chi connectivity index (χ1) is 8.79. The van der Waals surface area contributed by atoms with Gasteiger partial charge in [0, 0.05) is 41.3 Å². The van der Waals surface area contributed by atoms with E-state index in [2.05, 4.69) is 59.8 Å². The van der Waals surface area contributed by atoms with Crippen molar-refractivity contribution in [2.75, 3.05) is 23.0 Å². The predicted octanol–water partition coefficient (Wildman–Crippen LogP) is 3.28. The summed E-state index contributed by atoms with van der Waals surface area (Å²) in [4.78, 5) is 4.52. The molecule has 0 aromatic carbocycles. The van der Waals surface area contributed by atoms with Gasteiger partial charge in [0.2, 0.25) is 0 Å². The zero-order chi connectivity index (χ0) is 12.8. The van der Waals surface area contributed by atoms with Crippen LogP contribution >= 0.6 is 23.5 Å². The Morgan fingerprint density at radius 3 is 2.72 bits per heavy atom. The van der Waals surface area contributed by atoms with Crippen molar-refractivity contribution in [1.29, 1.82) is 0 Å². The van der Waals surface area contributed by atoms with Gasteiger partial charge in [0.1, 0.15) is 0 Å². The maximum Gasteiger partial charge on any atom is 0.0575 e. The zero-order valence-corrected chi connectivity index (χ0v) is 12.8. The van der Waals surface area contributed by atoms with E-state index in [4.69, 9.17) is 0 Å². The lowest BCUT2D eigenvalue weighted by molar-refractivity contribution is 0.465. The SMILES string of the molecule is CC[C@@H](NC1CSCCSC1)c1cc(C)ccn1. The second-order valence-electron chi connectivity index (χ2n) is 4.73. The molecule has 0 bridgehead atoms. The summed E-state index contributed by atoms with van der Waals surface area (Å²) in [5.41, 5.74) is 2.49. The standard InChI is InChI=1S/C14H22N2S2/c1-3-13(14-8-11(2)4-5-15-14)16-12-9-17-6-7-18-10-12/h4-5,8,12-13,16H,3,6-7,9-10H2,1-2H3/t13-/m1/s1. The number of nitrogens with zero attached hydrogens (tertiary/aromatic N) is 1. The highest BCUT2D eigenvalue weighted by atomic mass is 32.2. The molecule has 0 spiro atoms. The third-order valence-corrected chi connectivity index (χ3v) is 5.67. The van der Waals surface area contributed by atoms with Gasteiger partial charge in [0.05, 0.1) is 5.69 Å².